The lowest BCUT2D eigenvalue weighted by molar-refractivity contribution is 1.01. The SMILES string of the molecule is c1ccc(-c2nc3cc(-c4ccc5c(c4)c4ccccc4n5-c4nc(-c5ccccc5)c5ccccc5n4)ccc3[nH]2)cc1. The highest BCUT2D eigenvalue weighted by molar-refractivity contribution is 6.10. The second kappa shape index (κ2) is 9.75. The fourth-order valence-electron chi connectivity index (χ4n) is 6.27. The second-order valence-corrected chi connectivity index (χ2v) is 11.0. The number of rotatable bonds is 4. The van der Waals surface area contributed by atoms with E-state index in [1.54, 1.807) is 0 Å². The van der Waals surface area contributed by atoms with E-state index in [1.807, 2.05) is 36.4 Å². The summed E-state index contributed by atoms with van der Waals surface area (Å²) in [6.07, 6.45) is 0. The Hall–Kier alpha value is -6.07. The monoisotopic (exact) mass is 563 g/mol. The lowest BCUT2D eigenvalue weighted by Crippen LogP contribution is -2.03. The van der Waals surface area contributed by atoms with Crippen LogP contribution in [0.25, 0.3) is 83.5 Å². The number of fused-ring (bicyclic) bond motifs is 5. The maximum atomic E-state index is 5.20. The summed E-state index contributed by atoms with van der Waals surface area (Å²) in [6.45, 7) is 0. The molecule has 0 aliphatic carbocycles. The number of hydrogen-bond donors (Lipinski definition) is 1. The molecule has 6 aromatic carbocycles. The summed E-state index contributed by atoms with van der Waals surface area (Å²) in [4.78, 5) is 18.7. The van der Waals surface area contributed by atoms with Crippen molar-refractivity contribution in [3.05, 3.63) is 146 Å². The van der Waals surface area contributed by atoms with E-state index in [4.69, 9.17) is 15.0 Å². The van der Waals surface area contributed by atoms with Gasteiger partial charge in [-0.1, -0.05) is 109 Å². The summed E-state index contributed by atoms with van der Waals surface area (Å²) in [6, 6.07) is 50.4. The van der Waals surface area contributed by atoms with Gasteiger partial charge in [-0.15, -0.1) is 0 Å². The average molecular weight is 564 g/mol. The Bertz CT molecular complexity index is 2490. The Balaban J connectivity index is 1.22. The van der Waals surface area contributed by atoms with Crippen LogP contribution in [0.4, 0.5) is 0 Å². The van der Waals surface area contributed by atoms with Gasteiger partial charge in [0.1, 0.15) is 5.82 Å². The minimum Gasteiger partial charge on any atom is -0.338 e. The maximum absolute atomic E-state index is 5.20. The van der Waals surface area contributed by atoms with Crippen LogP contribution in [-0.2, 0) is 0 Å². The Morgan fingerprint density at radius 3 is 1.93 bits per heavy atom. The predicted molar refractivity (Wildman–Crippen MR) is 180 cm³/mol. The molecule has 1 N–H and O–H groups in total. The van der Waals surface area contributed by atoms with Crippen LogP contribution >= 0.6 is 0 Å². The van der Waals surface area contributed by atoms with Gasteiger partial charge in [0.2, 0.25) is 5.95 Å². The van der Waals surface area contributed by atoms with Crippen LogP contribution in [0.1, 0.15) is 0 Å². The Kier molecular flexibility index (Phi) is 5.43. The molecule has 0 radical (unpaired) electrons. The van der Waals surface area contributed by atoms with Crippen LogP contribution in [0, 0.1) is 0 Å². The molecule has 0 fully saturated rings. The summed E-state index contributed by atoms with van der Waals surface area (Å²) < 4.78 is 2.19. The Labute approximate surface area is 253 Å². The molecule has 0 atom stereocenters. The minimum absolute atomic E-state index is 0.660. The molecule has 3 aromatic heterocycles. The van der Waals surface area contributed by atoms with Gasteiger partial charge in [-0.25, -0.2) is 15.0 Å². The third-order valence-electron chi connectivity index (χ3n) is 8.37. The highest BCUT2D eigenvalue weighted by atomic mass is 15.2. The third-order valence-corrected chi connectivity index (χ3v) is 8.37. The molecular formula is C39H25N5. The molecule has 0 bridgehead atoms. The smallest absolute Gasteiger partial charge is 0.235 e. The molecule has 0 spiro atoms. The molecule has 9 rings (SSSR count). The fourth-order valence-corrected chi connectivity index (χ4v) is 6.27. The van der Waals surface area contributed by atoms with Crippen molar-refractivity contribution in [3.8, 4) is 39.7 Å². The second-order valence-electron chi connectivity index (χ2n) is 11.0. The van der Waals surface area contributed by atoms with E-state index >= 15 is 0 Å². The summed E-state index contributed by atoms with van der Waals surface area (Å²) in [5.74, 6) is 1.54. The molecule has 0 aliphatic heterocycles. The lowest BCUT2D eigenvalue weighted by atomic mass is 10.0. The number of aromatic nitrogens is 5. The summed E-state index contributed by atoms with van der Waals surface area (Å²) in [5, 5.41) is 3.35. The third kappa shape index (κ3) is 3.91. The van der Waals surface area contributed by atoms with Crippen molar-refractivity contribution in [1.82, 2.24) is 24.5 Å². The molecule has 0 unspecified atom stereocenters. The van der Waals surface area contributed by atoms with Crippen LogP contribution in [-0.4, -0.2) is 24.5 Å². The Morgan fingerprint density at radius 1 is 0.432 bits per heavy atom. The van der Waals surface area contributed by atoms with Crippen LogP contribution < -0.4 is 0 Å². The maximum Gasteiger partial charge on any atom is 0.235 e. The molecule has 206 valence electrons. The van der Waals surface area contributed by atoms with E-state index < -0.39 is 0 Å². The van der Waals surface area contributed by atoms with E-state index in [9.17, 15) is 0 Å². The predicted octanol–water partition coefficient (Wildman–Crippen LogP) is 9.60. The first-order valence-corrected chi connectivity index (χ1v) is 14.7. The van der Waals surface area contributed by atoms with Crippen molar-refractivity contribution in [2.75, 3.05) is 0 Å². The molecule has 5 heteroatoms. The highest BCUT2D eigenvalue weighted by Crippen LogP contribution is 2.36. The van der Waals surface area contributed by atoms with Crippen molar-refractivity contribution in [2.24, 2.45) is 0 Å². The van der Waals surface area contributed by atoms with Gasteiger partial charge in [-0.05, 0) is 47.5 Å². The molecular weight excluding hydrogens is 538 g/mol. The highest BCUT2D eigenvalue weighted by Gasteiger charge is 2.18. The zero-order valence-electron chi connectivity index (χ0n) is 23.6. The number of benzene rings is 6. The first kappa shape index (κ1) is 24.5. The van der Waals surface area contributed by atoms with Crippen molar-refractivity contribution < 1.29 is 0 Å². The molecule has 44 heavy (non-hydrogen) atoms. The molecule has 0 amide bonds. The fraction of sp³-hybridized carbons (Fsp3) is 0. The zero-order valence-corrected chi connectivity index (χ0v) is 23.6. The summed E-state index contributed by atoms with van der Waals surface area (Å²) >= 11 is 0. The van der Waals surface area contributed by atoms with E-state index in [0.717, 1.165) is 77.5 Å². The van der Waals surface area contributed by atoms with Crippen molar-refractivity contribution in [2.45, 2.75) is 0 Å². The summed E-state index contributed by atoms with van der Waals surface area (Å²) in [7, 11) is 0. The molecule has 0 saturated heterocycles. The van der Waals surface area contributed by atoms with E-state index in [2.05, 4.69) is 119 Å². The first-order chi connectivity index (χ1) is 21.8. The van der Waals surface area contributed by atoms with Crippen LogP contribution in [0.5, 0.6) is 0 Å². The lowest BCUT2D eigenvalue weighted by Gasteiger charge is -2.11. The minimum atomic E-state index is 0.660. The topological polar surface area (TPSA) is 59.4 Å². The molecule has 9 aromatic rings. The number of para-hydroxylation sites is 2. The van der Waals surface area contributed by atoms with Crippen LogP contribution in [0.2, 0.25) is 0 Å². The molecule has 0 aliphatic rings. The van der Waals surface area contributed by atoms with Crippen molar-refractivity contribution in [1.29, 1.82) is 0 Å². The number of aromatic amines is 1. The van der Waals surface area contributed by atoms with Crippen molar-refractivity contribution in [3.63, 3.8) is 0 Å². The largest absolute Gasteiger partial charge is 0.338 e. The number of imidazole rings is 1. The number of nitrogens with one attached hydrogen (secondary N) is 1. The zero-order chi connectivity index (χ0) is 29.0. The first-order valence-electron chi connectivity index (χ1n) is 14.7. The van der Waals surface area contributed by atoms with Crippen molar-refractivity contribution >= 4 is 43.7 Å². The molecule has 5 nitrogen and oxygen atoms in total. The van der Waals surface area contributed by atoms with Gasteiger partial charge in [0, 0.05) is 27.3 Å². The normalized spacial score (nSPS) is 11.6. The Morgan fingerprint density at radius 2 is 1.09 bits per heavy atom. The quantitative estimate of drug-likeness (QED) is 0.232. The number of hydrogen-bond acceptors (Lipinski definition) is 3. The van der Waals surface area contributed by atoms with Gasteiger partial charge in [0.05, 0.1) is 33.3 Å². The van der Waals surface area contributed by atoms with Gasteiger partial charge in [0.15, 0.2) is 0 Å². The van der Waals surface area contributed by atoms with Gasteiger partial charge in [-0.2, -0.15) is 0 Å². The van der Waals surface area contributed by atoms with E-state index in [1.165, 1.54) is 0 Å². The van der Waals surface area contributed by atoms with Gasteiger partial charge in [0.25, 0.3) is 0 Å². The summed E-state index contributed by atoms with van der Waals surface area (Å²) in [5.41, 5.74) is 10.4. The van der Waals surface area contributed by atoms with E-state index in [-0.39, 0.29) is 0 Å². The number of H-pyrrole nitrogens is 1. The van der Waals surface area contributed by atoms with Crippen LogP contribution in [0.3, 0.4) is 0 Å². The van der Waals surface area contributed by atoms with Crippen LogP contribution in [0.15, 0.2) is 146 Å². The standard InChI is InChI=1S/C39H25N5/c1-3-11-25(12-4-1)37-30-16-7-9-17-32(30)42-39(43-37)44-35-18-10-8-15-29(35)31-23-27(20-22-36(31)44)28-19-21-33-34(24-28)41-38(40-33)26-13-5-2-6-14-26/h1-24H,(H,40,41). The van der Waals surface area contributed by atoms with Gasteiger partial charge in [-0.3, -0.25) is 4.57 Å². The van der Waals surface area contributed by atoms with E-state index in [0.29, 0.717) is 5.95 Å². The molecule has 3 heterocycles. The number of nitrogens with zero attached hydrogens (tertiary/aromatic N) is 4. The van der Waals surface area contributed by atoms with Gasteiger partial charge >= 0.3 is 0 Å². The average Bonchev–Trinajstić information content (AvgIpc) is 3.67. The molecule has 0 saturated carbocycles. The van der Waals surface area contributed by atoms with Gasteiger partial charge < -0.3 is 4.98 Å².